The van der Waals surface area contributed by atoms with Gasteiger partial charge >= 0.3 is 0 Å². The molecular weight excluding hydrogens is 328 g/mol. The first-order valence-corrected chi connectivity index (χ1v) is 9.10. The number of H-pyrrole nitrogens is 1. The van der Waals surface area contributed by atoms with Crippen molar-refractivity contribution >= 4 is 5.91 Å². The van der Waals surface area contributed by atoms with E-state index in [1.54, 1.807) is 18.9 Å². The van der Waals surface area contributed by atoms with E-state index in [-0.39, 0.29) is 17.0 Å². The second-order valence-corrected chi connectivity index (χ2v) is 7.10. The highest BCUT2D eigenvalue weighted by molar-refractivity contribution is 5.93. The number of hydrogen-bond donors (Lipinski definition) is 1. The van der Waals surface area contributed by atoms with Gasteiger partial charge in [0.1, 0.15) is 11.4 Å². The second-order valence-electron chi connectivity index (χ2n) is 7.10. The third kappa shape index (κ3) is 4.58. The zero-order chi connectivity index (χ0) is 18.5. The molecule has 0 radical (unpaired) electrons. The van der Waals surface area contributed by atoms with Gasteiger partial charge in [0.05, 0.1) is 0 Å². The van der Waals surface area contributed by atoms with E-state index in [4.69, 9.17) is 0 Å². The standard InChI is InChI=1S/C20H26N4O2/c1-15-21-12-18(19(25)22-15)20(26)23(2)13-17-8-10-24(11-9-17)14-16-6-4-3-5-7-16/h3-7,12,17H,8-11,13-14H2,1-2H3,(H,21,22,25). The number of aromatic amines is 1. The number of benzene rings is 1. The fourth-order valence-corrected chi connectivity index (χ4v) is 3.48. The molecule has 1 aliphatic rings. The van der Waals surface area contributed by atoms with E-state index in [9.17, 15) is 9.59 Å². The molecule has 0 spiro atoms. The lowest BCUT2D eigenvalue weighted by Gasteiger charge is -2.33. The van der Waals surface area contributed by atoms with Crippen LogP contribution in [0.2, 0.25) is 0 Å². The van der Waals surface area contributed by atoms with Crippen molar-refractivity contribution < 1.29 is 4.79 Å². The van der Waals surface area contributed by atoms with Crippen molar-refractivity contribution in [1.29, 1.82) is 0 Å². The van der Waals surface area contributed by atoms with Gasteiger partial charge < -0.3 is 9.88 Å². The third-order valence-corrected chi connectivity index (χ3v) is 4.99. The van der Waals surface area contributed by atoms with Gasteiger partial charge in [-0.1, -0.05) is 30.3 Å². The Hall–Kier alpha value is -2.47. The van der Waals surface area contributed by atoms with Crippen LogP contribution in [-0.4, -0.2) is 52.4 Å². The van der Waals surface area contributed by atoms with Crippen LogP contribution in [0, 0.1) is 12.8 Å². The average molecular weight is 354 g/mol. The monoisotopic (exact) mass is 354 g/mol. The third-order valence-electron chi connectivity index (χ3n) is 4.99. The van der Waals surface area contributed by atoms with Crippen molar-refractivity contribution in [2.24, 2.45) is 5.92 Å². The minimum absolute atomic E-state index is 0.111. The zero-order valence-corrected chi connectivity index (χ0v) is 15.4. The second kappa shape index (κ2) is 8.27. The molecule has 0 bridgehead atoms. The summed E-state index contributed by atoms with van der Waals surface area (Å²) in [6.45, 7) is 5.42. The zero-order valence-electron chi connectivity index (χ0n) is 15.4. The number of nitrogens with one attached hydrogen (secondary N) is 1. The summed E-state index contributed by atoms with van der Waals surface area (Å²) in [5, 5.41) is 0. The first kappa shape index (κ1) is 18.3. The molecule has 1 aromatic carbocycles. The SMILES string of the molecule is Cc1ncc(C(=O)N(C)CC2CCN(Cc3ccccc3)CC2)c(=O)[nH]1. The molecule has 2 heterocycles. The lowest BCUT2D eigenvalue weighted by atomic mass is 9.95. The topological polar surface area (TPSA) is 69.3 Å². The first-order valence-electron chi connectivity index (χ1n) is 9.10. The molecule has 0 unspecified atom stereocenters. The van der Waals surface area contributed by atoms with E-state index < -0.39 is 0 Å². The van der Waals surface area contributed by atoms with Gasteiger partial charge in [0.15, 0.2) is 0 Å². The van der Waals surface area contributed by atoms with Crippen molar-refractivity contribution in [3.05, 3.63) is 63.8 Å². The summed E-state index contributed by atoms with van der Waals surface area (Å²) >= 11 is 0. The summed E-state index contributed by atoms with van der Waals surface area (Å²) in [5.41, 5.74) is 1.08. The van der Waals surface area contributed by atoms with Crippen LogP contribution < -0.4 is 5.56 Å². The predicted molar refractivity (Wildman–Crippen MR) is 101 cm³/mol. The number of hydrogen-bond acceptors (Lipinski definition) is 4. The van der Waals surface area contributed by atoms with Crippen LogP contribution in [0.25, 0.3) is 0 Å². The number of carbonyl (C=O) groups is 1. The molecule has 1 fully saturated rings. The van der Waals surface area contributed by atoms with E-state index in [0.29, 0.717) is 18.3 Å². The van der Waals surface area contributed by atoms with Gasteiger partial charge in [-0.2, -0.15) is 0 Å². The number of likely N-dealkylation sites (tertiary alicyclic amines) is 1. The number of aryl methyl sites for hydroxylation is 1. The Kier molecular flexibility index (Phi) is 5.83. The van der Waals surface area contributed by atoms with E-state index in [1.807, 2.05) is 6.07 Å². The number of aromatic nitrogens is 2. The molecule has 1 saturated heterocycles. The Morgan fingerprint density at radius 2 is 1.96 bits per heavy atom. The lowest BCUT2D eigenvalue weighted by molar-refractivity contribution is 0.0735. The normalized spacial score (nSPS) is 15.8. The fraction of sp³-hybridized carbons (Fsp3) is 0.450. The highest BCUT2D eigenvalue weighted by atomic mass is 16.2. The number of amides is 1. The Morgan fingerprint density at radius 3 is 2.62 bits per heavy atom. The van der Waals surface area contributed by atoms with Crippen molar-refractivity contribution in [2.75, 3.05) is 26.7 Å². The minimum atomic E-state index is -0.368. The van der Waals surface area contributed by atoms with Gasteiger partial charge in [-0.3, -0.25) is 14.5 Å². The summed E-state index contributed by atoms with van der Waals surface area (Å²) in [5.74, 6) is 0.721. The number of nitrogens with zero attached hydrogens (tertiary/aromatic N) is 3. The van der Waals surface area contributed by atoms with Gasteiger partial charge in [0.25, 0.3) is 11.5 Å². The largest absolute Gasteiger partial charge is 0.341 e. The average Bonchev–Trinajstić information content (AvgIpc) is 2.64. The summed E-state index contributed by atoms with van der Waals surface area (Å²) in [4.78, 5) is 35.2. The smallest absolute Gasteiger partial charge is 0.263 e. The summed E-state index contributed by atoms with van der Waals surface area (Å²) in [7, 11) is 1.76. The molecule has 3 rings (SSSR count). The molecule has 1 aliphatic heterocycles. The Bertz CT molecular complexity index is 795. The van der Waals surface area contributed by atoms with Crippen LogP contribution in [0.4, 0.5) is 0 Å². The van der Waals surface area contributed by atoms with E-state index in [2.05, 4.69) is 39.1 Å². The molecule has 0 aliphatic carbocycles. The molecule has 1 amide bonds. The fourth-order valence-electron chi connectivity index (χ4n) is 3.48. The Balaban J connectivity index is 1.50. The molecule has 0 atom stereocenters. The summed E-state index contributed by atoms with van der Waals surface area (Å²) in [6.07, 6.45) is 3.50. The van der Waals surface area contributed by atoms with Crippen molar-refractivity contribution in [2.45, 2.75) is 26.3 Å². The minimum Gasteiger partial charge on any atom is -0.341 e. The molecule has 6 heteroatoms. The van der Waals surface area contributed by atoms with Crippen molar-refractivity contribution in [1.82, 2.24) is 19.8 Å². The summed E-state index contributed by atoms with van der Waals surface area (Å²) < 4.78 is 0. The maximum absolute atomic E-state index is 12.5. The Labute approximate surface area is 153 Å². The van der Waals surface area contributed by atoms with Gasteiger partial charge in [0.2, 0.25) is 0 Å². The van der Waals surface area contributed by atoms with Crippen LogP contribution in [0.5, 0.6) is 0 Å². The number of rotatable bonds is 5. The van der Waals surface area contributed by atoms with Crippen LogP contribution in [0.1, 0.15) is 34.6 Å². The maximum Gasteiger partial charge on any atom is 0.263 e. The maximum atomic E-state index is 12.5. The first-order chi connectivity index (χ1) is 12.5. The number of carbonyl (C=O) groups excluding carboxylic acids is 1. The van der Waals surface area contributed by atoms with Gasteiger partial charge in [-0.25, -0.2) is 4.98 Å². The van der Waals surface area contributed by atoms with Crippen LogP contribution >= 0.6 is 0 Å². The van der Waals surface area contributed by atoms with Crippen LogP contribution in [0.3, 0.4) is 0 Å². The Morgan fingerprint density at radius 1 is 1.27 bits per heavy atom. The molecule has 0 saturated carbocycles. The molecule has 1 N–H and O–H groups in total. The molecule has 1 aromatic heterocycles. The van der Waals surface area contributed by atoms with Gasteiger partial charge in [-0.05, 0) is 44.3 Å². The van der Waals surface area contributed by atoms with Crippen molar-refractivity contribution in [3.63, 3.8) is 0 Å². The molecule has 26 heavy (non-hydrogen) atoms. The molecule has 138 valence electrons. The lowest BCUT2D eigenvalue weighted by Crippen LogP contribution is -2.40. The number of piperidine rings is 1. The van der Waals surface area contributed by atoms with E-state index in [1.165, 1.54) is 11.8 Å². The molecule has 6 nitrogen and oxygen atoms in total. The highest BCUT2D eigenvalue weighted by Gasteiger charge is 2.23. The van der Waals surface area contributed by atoms with Crippen LogP contribution in [0.15, 0.2) is 41.3 Å². The van der Waals surface area contributed by atoms with E-state index in [0.717, 1.165) is 32.5 Å². The van der Waals surface area contributed by atoms with Crippen molar-refractivity contribution in [3.8, 4) is 0 Å². The molecule has 2 aromatic rings. The molecular formula is C20H26N4O2. The van der Waals surface area contributed by atoms with Gasteiger partial charge in [0, 0.05) is 26.3 Å². The predicted octanol–water partition coefficient (Wildman–Crippen LogP) is 2.06. The highest BCUT2D eigenvalue weighted by Crippen LogP contribution is 2.20. The van der Waals surface area contributed by atoms with E-state index >= 15 is 0 Å². The quantitative estimate of drug-likeness (QED) is 0.892. The van der Waals surface area contributed by atoms with Crippen LogP contribution in [-0.2, 0) is 6.54 Å². The summed E-state index contributed by atoms with van der Waals surface area (Å²) in [6, 6.07) is 10.5. The van der Waals surface area contributed by atoms with Gasteiger partial charge in [-0.15, -0.1) is 0 Å².